The van der Waals surface area contributed by atoms with Crippen LogP contribution in [0.4, 0.5) is 0 Å². The fraction of sp³-hybridized carbons (Fsp3) is 0.500. The number of rotatable bonds is 6. The fourth-order valence-electron chi connectivity index (χ4n) is 2.19. The maximum absolute atomic E-state index is 12.1. The number of amides is 1. The van der Waals surface area contributed by atoms with Crippen LogP contribution >= 0.6 is 0 Å². The molecule has 0 heterocycles. The lowest BCUT2D eigenvalue weighted by molar-refractivity contribution is 0.0941. The van der Waals surface area contributed by atoms with Crippen LogP contribution in [0.15, 0.2) is 24.3 Å². The fourth-order valence-corrected chi connectivity index (χ4v) is 2.19. The minimum atomic E-state index is -0.0734. The van der Waals surface area contributed by atoms with Crippen LogP contribution in [-0.2, 0) is 0 Å². The maximum Gasteiger partial charge on any atom is 0.255 e. The minimum absolute atomic E-state index is 0.0734. The highest BCUT2D eigenvalue weighted by atomic mass is 16.5. The van der Waals surface area contributed by atoms with Gasteiger partial charge in [-0.25, -0.2) is 0 Å². The van der Waals surface area contributed by atoms with E-state index in [1.165, 1.54) is 0 Å². The summed E-state index contributed by atoms with van der Waals surface area (Å²) in [5.74, 6) is 0.536. The van der Waals surface area contributed by atoms with Crippen molar-refractivity contribution >= 4 is 5.91 Å². The molecule has 1 aromatic rings. The van der Waals surface area contributed by atoms with Gasteiger partial charge >= 0.3 is 0 Å². The smallest absolute Gasteiger partial charge is 0.255 e. The van der Waals surface area contributed by atoms with Crippen LogP contribution in [0.1, 0.15) is 29.6 Å². The molecule has 1 fully saturated rings. The van der Waals surface area contributed by atoms with Gasteiger partial charge < -0.3 is 15.8 Å². The molecule has 0 unspecified atom stereocenters. The largest absolute Gasteiger partial charge is 0.496 e. The molecule has 0 saturated heterocycles. The van der Waals surface area contributed by atoms with Gasteiger partial charge in [-0.05, 0) is 43.4 Å². The number of methoxy groups -OCH3 is 1. The van der Waals surface area contributed by atoms with Gasteiger partial charge in [-0.3, -0.25) is 4.79 Å². The van der Waals surface area contributed by atoms with Gasteiger partial charge in [0.05, 0.1) is 12.7 Å². The first-order valence-corrected chi connectivity index (χ1v) is 6.32. The lowest BCUT2D eigenvalue weighted by Crippen LogP contribution is -2.31. The summed E-state index contributed by atoms with van der Waals surface area (Å²) in [5.41, 5.74) is 6.43. The molecule has 0 spiro atoms. The summed E-state index contributed by atoms with van der Waals surface area (Å²) in [7, 11) is 1.57. The van der Waals surface area contributed by atoms with Crippen molar-refractivity contribution in [1.29, 1.82) is 0 Å². The van der Waals surface area contributed by atoms with E-state index in [0.717, 1.165) is 19.3 Å². The van der Waals surface area contributed by atoms with Crippen LogP contribution in [-0.4, -0.2) is 26.1 Å². The third kappa shape index (κ3) is 2.82. The number of hydrogen-bond donors (Lipinski definition) is 2. The van der Waals surface area contributed by atoms with E-state index in [9.17, 15) is 4.79 Å². The molecule has 0 radical (unpaired) electrons. The van der Waals surface area contributed by atoms with Crippen LogP contribution in [0.25, 0.3) is 0 Å². The first-order valence-electron chi connectivity index (χ1n) is 6.32. The van der Waals surface area contributed by atoms with Gasteiger partial charge in [-0.2, -0.15) is 0 Å². The van der Waals surface area contributed by atoms with E-state index in [1.54, 1.807) is 19.2 Å². The topological polar surface area (TPSA) is 64.3 Å². The van der Waals surface area contributed by atoms with Gasteiger partial charge in [0.1, 0.15) is 5.75 Å². The van der Waals surface area contributed by atoms with Crippen molar-refractivity contribution in [2.45, 2.75) is 19.3 Å². The Kier molecular flexibility index (Phi) is 3.87. The molecule has 1 amide bonds. The Labute approximate surface area is 108 Å². The third-order valence-corrected chi connectivity index (χ3v) is 3.61. The predicted molar refractivity (Wildman–Crippen MR) is 70.7 cm³/mol. The highest BCUT2D eigenvalue weighted by molar-refractivity contribution is 5.96. The quantitative estimate of drug-likeness (QED) is 0.803. The lowest BCUT2D eigenvalue weighted by atomic mass is 10.0. The molecule has 18 heavy (non-hydrogen) atoms. The monoisotopic (exact) mass is 248 g/mol. The SMILES string of the molecule is COc1ccccc1C(=O)NCC1(CCN)CC1. The Morgan fingerprint density at radius 1 is 1.44 bits per heavy atom. The summed E-state index contributed by atoms with van der Waals surface area (Å²) >= 11 is 0. The number of nitrogens with one attached hydrogen (secondary N) is 1. The standard InChI is InChI=1S/C14H20N2O2/c1-18-12-5-3-2-4-11(12)13(17)16-10-14(6-7-14)8-9-15/h2-5H,6-10,15H2,1H3,(H,16,17). The average Bonchev–Trinajstić information content (AvgIpc) is 3.16. The number of carbonyl (C=O) groups excluding carboxylic acids is 1. The van der Waals surface area contributed by atoms with E-state index in [4.69, 9.17) is 10.5 Å². The molecule has 0 aromatic heterocycles. The summed E-state index contributed by atoms with van der Waals surface area (Å²) in [6.07, 6.45) is 3.31. The van der Waals surface area contributed by atoms with Crippen LogP contribution in [0.3, 0.4) is 0 Å². The predicted octanol–water partition coefficient (Wildman–Crippen LogP) is 1.55. The minimum Gasteiger partial charge on any atom is -0.496 e. The van der Waals surface area contributed by atoms with Crippen molar-refractivity contribution in [3.05, 3.63) is 29.8 Å². The molecule has 1 aromatic carbocycles. The van der Waals surface area contributed by atoms with Crippen molar-refractivity contribution in [2.75, 3.05) is 20.2 Å². The van der Waals surface area contributed by atoms with E-state index in [0.29, 0.717) is 24.4 Å². The van der Waals surface area contributed by atoms with Crippen molar-refractivity contribution in [3.63, 3.8) is 0 Å². The Hall–Kier alpha value is -1.55. The Bertz CT molecular complexity index is 428. The summed E-state index contributed by atoms with van der Waals surface area (Å²) in [5, 5.41) is 2.99. The van der Waals surface area contributed by atoms with E-state index in [-0.39, 0.29) is 11.3 Å². The number of hydrogen-bond acceptors (Lipinski definition) is 3. The zero-order valence-corrected chi connectivity index (χ0v) is 10.7. The summed E-state index contributed by atoms with van der Waals surface area (Å²) < 4.78 is 5.18. The summed E-state index contributed by atoms with van der Waals surface area (Å²) in [6, 6.07) is 7.26. The maximum atomic E-state index is 12.1. The first-order chi connectivity index (χ1) is 8.71. The van der Waals surface area contributed by atoms with Gasteiger partial charge in [0.2, 0.25) is 0 Å². The van der Waals surface area contributed by atoms with Crippen molar-refractivity contribution < 1.29 is 9.53 Å². The van der Waals surface area contributed by atoms with E-state index in [2.05, 4.69) is 5.32 Å². The second-order valence-corrected chi connectivity index (χ2v) is 4.92. The van der Waals surface area contributed by atoms with Crippen LogP contribution in [0, 0.1) is 5.41 Å². The number of nitrogens with two attached hydrogens (primary N) is 1. The zero-order chi connectivity index (χ0) is 13.0. The molecule has 0 bridgehead atoms. The molecule has 1 aliphatic carbocycles. The highest BCUT2D eigenvalue weighted by Crippen LogP contribution is 2.47. The van der Waals surface area contributed by atoms with Gasteiger partial charge in [0, 0.05) is 6.54 Å². The van der Waals surface area contributed by atoms with Gasteiger partial charge in [0.25, 0.3) is 5.91 Å². The van der Waals surface area contributed by atoms with E-state index < -0.39 is 0 Å². The van der Waals surface area contributed by atoms with Crippen molar-refractivity contribution in [3.8, 4) is 5.75 Å². The van der Waals surface area contributed by atoms with Gasteiger partial charge in [-0.15, -0.1) is 0 Å². The zero-order valence-electron chi connectivity index (χ0n) is 10.7. The third-order valence-electron chi connectivity index (χ3n) is 3.61. The second kappa shape index (κ2) is 5.40. The molecule has 0 aliphatic heterocycles. The number of ether oxygens (including phenoxy) is 1. The molecular formula is C14H20N2O2. The summed E-state index contributed by atoms with van der Waals surface area (Å²) in [4.78, 5) is 12.1. The van der Waals surface area contributed by atoms with Crippen LogP contribution < -0.4 is 15.8 Å². The second-order valence-electron chi connectivity index (χ2n) is 4.92. The number of carbonyl (C=O) groups is 1. The molecule has 1 saturated carbocycles. The average molecular weight is 248 g/mol. The Balaban J connectivity index is 1.96. The summed E-state index contributed by atoms with van der Waals surface area (Å²) in [6.45, 7) is 1.39. The molecular weight excluding hydrogens is 228 g/mol. The van der Waals surface area contributed by atoms with Crippen LogP contribution in [0.2, 0.25) is 0 Å². The number of para-hydroxylation sites is 1. The molecule has 2 rings (SSSR count). The normalized spacial score (nSPS) is 16.1. The molecule has 1 aliphatic rings. The molecule has 0 atom stereocenters. The molecule has 3 N–H and O–H groups in total. The molecule has 98 valence electrons. The van der Waals surface area contributed by atoms with E-state index >= 15 is 0 Å². The van der Waals surface area contributed by atoms with E-state index in [1.807, 2.05) is 12.1 Å². The molecule has 4 heteroatoms. The Morgan fingerprint density at radius 2 is 2.17 bits per heavy atom. The Morgan fingerprint density at radius 3 is 2.78 bits per heavy atom. The highest BCUT2D eigenvalue weighted by Gasteiger charge is 2.41. The van der Waals surface area contributed by atoms with Gasteiger partial charge in [-0.1, -0.05) is 12.1 Å². The molecule has 4 nitrogen and oxygen atoms in total. The van der Waals surface area contributed by atoms with Gasteiger partial charge in [0.15, 0.2) is 0 Å². The van der Waals surface area contributed by atoms with Crippen molar-refractivity contribution in [2.24, 2.45) is 11.1 Å². The van der Waals surface area contributed by atoms with Crippen LogP contribution in [0.5, 0.6) is 5.75 Å². The lowest BCUT2D eigenvalue weighted by Gasteiger charge is -2.15. The van der Waals surface area contributed by atoms with Crippen molar-refractivity contribution in [1.82, 2.24) is 5.32 Å². The first kappa shape index (κ1) is 12.9. The number of benzene rings is 1.